The first-order valence-electron chi connectivity index (χ1n) is 19.2. The van der Waals surface area contributed by atoms with Crippen LogP contribution in [-0.4, -0.2) is 4.57 Å². The molecular formula is C54H38N2. The molecule has 0 amide bonds. The maximum absolute atomic E-state index is 2.41. The van der Waals surface area contributed by atoms with E-state index >= 15 is 0 Å². The minimum atomic E-state index is 1.09. The van der Waals surface area contributed by atoms with Gasteiger partial charge in [0.2, 0.25) is 0 Å². The maximum Gasteiger partial charge on any atom is 0.0547 e. The highest BCUT2D eigenvalue weighted by Crippen LogP contribution is 2.45. The standard InChI is InChI=1S/C54H38N2/c1-4-18-40(19-5-1)46-26-10-13-30-50(46)55(51-31-14-11-27-47(51)41-20-6-2-7-21-41)45-36-34-39(35-37-45)42-22-16-23-43(38-42)48-29-17-33-53-54(48)49-28-12-15-32-52(49)56(53)44-24-8-3-9-25-44/h1-38H. The van der Waals surface area contributed by atoms with Crippen LogP contribution in [-0.2, 0) is 0 Å². The molecule has 0 N–H and O–H groups in total. The normalized spacial score (nSPS) is 11.2. The number of rotatable bonds is 8. The predicted molar refractivity (Wildman–Crippen MR) is 237 cm³/mol. The highest BCUT2D eigenvalue weighted by Gasteiger charge is 2.21. The molecule has 0 bridgehead atoms. The number of aromatic nitrogens is 1. The summed E-state index contributed by atoms with van der Waals surface area (Å²) in [7, 11) is 0. The number of anilines is 3. The van der Waals surface area contributed by atoms with Gasteiger partial charge >= 0.3 is 0 Å². The minimum absolute atomic E-state index is 1.09. The van der Waals surface area contributed by atoms with Gasteiger partial charge in [0.15, 0.2) is 0 Å². The second kappa shape index (κ2) is 14.4. The Labute approximate surface area is 327 Å². The first-order valence-corrected chi connectivity index (χ1v) is 19.2. The van der Waals surface area contributed by atoms with Crippen LogP contribution >= 0.6 is 0 Å². The molecule has 2 nitrogen and oxygen atoms in total. The predicted octanol–water partition coefficient (Wildman–Crippen LogP) is 14.9. The molecule has 0 spiro atoms. The lowest BCUT2D eigenvalue weighted by atomic mass is 9.95. The fourth-order valence-corrected chi connectivity index (χ4v) is 8.25. The van der Waals surface area contributed by atoms with Gasteiger partial charge in [0.25, 0.3) is 0 Å². The average Bonchev–Trinajstić information content (AvgIpc) is 3.63. The number of para-hydroxylation sites is 4. The van der Waals surface area contributed by atoms with E-state index in [4.69, 9.17) is 0 Å². The lowest BCUT2D eigenvalue weighted by molar-refractivity contribution is 1.18. The molecule has 2 heteroatoms. The fraction of sp³-hybridized carbons (Fsp3) is 0. The molecule has 10 aromatic rings. The van der Waals surface area contributed by atoms with Crippen molar-refractivity contribution in [2.24, 2.45) is 0 Å². The van der Waals surface area contributed by atoms with Crippen LogP contribution in [0.3, 0.4) is 0 Å². The zero-order valence-electron chi connectivity index (χ0n) is 30.8. The minimum Gasteiger partial charge on any atom is -0.309 e. The van der Waals surface area contributed by atoms with E-state index in [-0.39, 0.29) is 0 Å². The first-order chi connectivity index (χ1) is 27.8. The van der Waals surface area contributed by atoms with Gasteiger partial charge in [-0.1, -0.05) is 176 Å². The number of hydrogen-bond acceptors (Lipinski definition) is 1. The Kier molecular flexibility index (Phi) is 8.55. The summed E-state index contributed by atoms with van der Waals surface area (Å²) in [6, 6.07) is 82.9. The van der Waals surface area contributed by atoms with Gasteiger partial charge < -0.3 is 9.47 Å². The second-order valence-electron chi connectivity index (χ2n) is 14.1. The van der Waals surface area contributed by atoms with Gasteiger partial charge in [-0.15, -0.1) is 0 Å². The van der Waals surface area contributed by atoms with Crippen molar-refractivity contribution in [3.8, 4) is 50.2 Å². The molecule has 1 heterocycles. The average molecular weight is 715 g/mol. The van der Waals surface area contributed by atoms with Gasteiger partial charge in [-0.2, -0.15) is 0 Å². The van der Waals surface area contributed by atoms with Gasteiger partial charge in [-0.05, 0) is 88.0 Å². The van der Waals surface area contributed by atoms with Gasteiger partial charge in [-0.3, -0.25) is 0 Å². The molecule has 10 rings (SSSR count). The van der Waals surface area contributed by atoms with Crippen LogP contribution in [0.4, 0.5) is 17.1 Å². The van der Waals surface area contributed by atoms with Crippen LogP contribution in [0.25, 0.3) is 72.0 Å². The summed E-state index contributed by atoms with van der Waals surface area (Å²) in [5.74, 6) is 0. The third-order valence-corrected chi connectivity index (χ3v) is 10.8. The van der Waals surface area contributed by atoms with Crippen molar-refractivity contribution < 1.29 is 0 Å². The summed E-state index contributed by atoms with van der Waals surface area (Å²) in [4.78, 5) is 2.41. The summed E-state index contributed by atoms with van der Waals surface area (Å²) in [5, 5.41) is 2.52. The largest absolute Gasteiger partial charge is 0.309 e. The summed E-state index contributed by atoms with van der Waals surface area (Å²) < 4.78 is 2.38. The number of benzene rings is 9. The van der Waals surface area contributed by atoms with Crippen molar-refractivity contribution in [3.63, 3.8) is 0 Å². The molecule has 1 aromatic heterocycles. The Bertz CT molecular complexity index is 2860. The van der Waals surface area contributed by atoms with Crippen molar-refractivity contribution >= 4 is 38.9 Å². The second-order valence-corrected chi connectivity index (χ2v) is 14.1. The number of nitrogens with zero attached hydrogens (tertiary/aromatic N) is 2. The number of hydrogen-bond donors (Lipinski definition) is 0. The molecule has 0 saturated carbocycles. The topological polar surface area (TPSA) is 8.17 Å². The zero-order chi connectivity index (χ0) is 37.3. The monoisotopic (exact) mass is 714 g/mol. The molecule has 0 aliphatic carbocycles. The van der Waals surface area contributed by atoms with E-state index in [0.717, 1.165) is 22.7 Å². The molecule has 0 radical (unpaired) electrons. The SMILES string of the molecule is c1ccc(-c2ccccc2N(c2ccc(-c3cccc(-c4cccc5c4c4ccccc4n5-c4ccccc4)c3)cc2)c2ccccc2-c2ccccc2)cc1. The third kappa shape index (κ3) is 5.95. The molecular weight excluding hydrogens is 677 g/mol. The quantitative estimate of drug-likeness (QED) is 0.152. The maximum atomic E-state index is 2.41. The summed E-state index contributed by atoms with van der Waals surface area (Å²) in [5.41, 5.74) is 16.4. The smallest absolute Gasteiger partial charge is 0.0547 e. The van der Waals surface area contributed by atoms with Gasteiger partial charge in [0.05, 0.1) is 22.4 Å². The van der Waals surface area contributed by atoms with E-state index in [1.54, 1.807) is 0 Å². The van der Waals surface area contributed by atoms with Crippen LogP contribution in [0.5, 0.6) is 0 Å². The molecule has 9 aromatic carbocycles. The van der Waals surface area contributed by atoms with Gasteiger partial charge in [0, 0.05) is 33.3 Å². The Morgan fingerprint density at radius 2 is 0.786 bits per heavy atom. The van der Waals surface area contributed by atoms with E-state index in [1.807, 2.05) is 0 Å². The highest BCUT2D eigenvalue weighted by atomic mass is 15.1. The molecule has 0 unspecified atom stereocenters. The molecule has 0 aliphatic heterocycles. The lowest BCUT2D eigenvalue weighted by Crippen LogP contribution is -2.12. The molecule has 0 atom stereocenters. The lowest BCUT2D eigenvalue weighted by Gasteiger charge is -2.30. The molecule has 56 heavy (non-hydrogen) atoms. The van der Waals surface area contributed by atoms with Crippen LogP contribution in [0, 0.1) is 0 Å². The van der Waals surface area contributed by atoms with Gasteiger partial charge in [-0.25, -0.2) is 0 Å². The molecule has 0 fully saturated rings. The van der Waals surface area contributed by atoms with Crippen LogP contribution in [0.1, 0.15) is 0 Å². The Morgan fingerprint density at radius 3 is 1.45 bits per heavy atom. The highest BCUT2D eigenvalue weighted by molar-refractivity contribution is 6.16. The first kappa shape index (κ1) is 33.2. The Morgan fingerprint density at radius 1 is 0.304 bits per heavy atom. The molecule has 0 aliphatic rings. The third-order valence-electron chi connectivity index (χ3n) is 10.8. The van der Waals surface area contributed by atoms with E-state index in [2.05, 4.69) is 240 Å². The van der Waals surface area contributed by atoms with Gasteiger partial charge in [0.1, 0.15) is 0 Å². The van der Waals surface area contributed by atoms with Crippen molar-refractivity contribution in [3.05, 3.63) is 231 Å². The van der Waals surface area contributed by atoms with Crippen LogP contribution in [0.15, 0.2) is 231 Å². The van der Waals surface area contributed by atoms with E-state index in [9.17, 15) is 0 Å². The van der Waals surface area contributed by atoms with Crippen molar-refractivity contribution in [2.45, 2.75) is 0 Å². The van der Waals surface area contributed by atoms with Crippen molar-refractivity contribution in [1.29, 1.82) is 0 Å². The zero-order valence-corrected chi connectivity index (χ0v) is 30.8. The summed E-state index contributed by atoms with van der Waals surface area (Å²) >= 11 is 0. The summed E-state index contributed by atoms with van der Waals surface area (Å²) in [6.45, 7) is 0. The van der Waals surface area contributed by atoms with Crippen LogP contribution in [0.2, 0.25) is 0 Å². The van der Waals surface area contributed by atoms with E-state index < -0.39 is 0 Å². The Hall–Kier alpha value is -7.42. The van der Waals surface area contributed by atoms with Crippen molar-refractivity contribution in [2.75, 3.05) is 4.90 Å². The Balaban J connectivity index is 1.09. The molecule has 0 saturated heterocycles. The number of fused-ring (bicyclic) bond motifs is 3. The molecule has 264 valence electrons. The van der Waals surface area contributed by atoms with E-state index in [0.29, 0.717) is 0 Å². The summed E-state index contributed by atoms with van der Waals surface area (Å²) in [6.07, 6.45) is 0. The van der Waals surface area contributed by atoms with Crippen molar-refractivity contribution in [1.82, 2.24) is 4.57 Å². The van der Waals surface area contributed by atoms with E-state index in [1.165, 1.54) is 66.3 Å². The van der Waals surface area contributed by atoms with Crippen LogP contribution < -0.4 is 4.90 Å². The fourth-order valence-electron chi connectivity index (χ4n) is 8.25.